The number of nitrogens with one attached hydrogen (secondary N) is 1. The molecular formula is C15H23ClFN. The molecule has 0 bridgehead atoms. The van der Waals surface area contributed by atoms with Gasteiger partial charge in [-0.3, -0.25) is 0 Å². The van der Waals surface area contributed by atoms with Crippen LogP contribution in [0, 0.1) is 17.7 Å². The molecule has 3 heteroatoms. The third kappa shape index (κ3) is 4.25. The average molecular weight is 272 g/mol. The van der Waals surface area contributed by atoms with Crippen LogP contribution < -0.4 is 5.32 Å². The second-order valence-corrected chi connectivity index (χ2v) is 5.61. The normalized spacial score (nSPS) is 14.8. The molecule has 1 nitrogen and oxygen atoms in total. The molecule has 0 saturated heterocycles. The van der Waals surface area contributed by atoms with E-state index in [1.54, 1.807) is 12.1 Å². The quantitative estimate of drug-likeness (QED) is 0.814. The van der Waals surface area contributed by atoms with Crippen LogP contribution in [0.25, 0.3) is 0 Å². The van der Waals surface area contributed by atoms with Gasteiger partial charge in [0, 0.05) is 6.04 Å². The molecular weight excluding hydrogens is 249 g/mol. The molecule has 1 aromatic carbocycles. The molecule has 0 aliphatic heterocycles. The van der Waals surface area contributed by atoms with Gasteiger partial charge in [0.25, 0.3) is 0 Å². The van der Waals surface area contributed by atoms with Crippen LogP contribution in [0.2, 0.25) is 5.02 Å². The van der Waals surface area contributed by atoms with Crippen molar-refractivity contribution in [3.8, 4) is 0 Å². The topological polar surface area (TPSA) is 12.0 Å². The SMILES string of the molecule is CCNC(C)C(Cc1ccc(Cl)c(F)c1)C(C)C. The third-order valence-corrected chi connectivity index (χ3v) is 3.79. The zero-order valence-corrected chi connectivity index (χ0v) is 12.4. The summed E-state index contributed by atoms with van der Waals surface area (Å²) in [5.74, 6) is 0.719. The monoisotopic (exact) mass is 271 g/mol. The van der Waals surface area contributed by atoms with E-state index in [9.17, 15) is 4.39 Å². The van der Waals surface area contributed by atoms with E-state index >= 15 is 0 Å². The van der Waals surface area contributed by atoms with Gasteiger partial charge in [0.15, 0.2) is 0 Å². The molecule has 0 aliphatic rings. The Hall–Kier alpha value is -0.600. The van der Waals surface area contributed by atoms with Crippen molar-refractivity contribution in [3.63, 3.8) is 0 Å². The Balaban J connectivity index is 2.79. The van der Waals surface area contributed by atoms with Crippen LogP contribution >= 0.6 is 11.6 Å². The molecule has 2 atom stereocenters. The zero-order valence-electron chi connectivity index (χ0n) is 11.6. The summed E-state index contributed by atoms with van der Waals surface area (Å²) in [6.45, 7) is 9.69. The van der Waals surface area contributed by atoms with Crippen LogP contribution in [0.1, 0.15) is 33.3 Å². The summed E-state index contributed by atoms with van der Waals surface area (Å²) in [5, 5.41) is 3.65. The highest BCUT2D eigenvalue weighted by Crippen LogP contribution is 2.23. The lowest BCUT2D eigenvalue weighted by molar-refractivity contribution is 0.292. The van der Waals surface area contributed by atoms with Crippen molar-refractivity contribution < 1.29 is 4.39 Å². The van der Waals surface area contributed by atoms with E-state index in [0.717, 1.165) is 18.5 Å². The molecule has 1 rings (SSSR count). The molecule has 0 fully saturated rings. The predicted molar refractivity (Wildman–Crippen MR) is 76.6 cm³/mol. The highest BCUT2D eigenvalue weighted by molar-refractivity contribution is 6.30. The second-order valence-electron chi connectivity index (χ2n) is 5.21. The molecule has 0 aliphatic carbocycles. The van der Waals surface area contributed by atoms with Crippen molar-refractivity contribution in [1.82, 2.24) is 5.32 Å². The molecule has 2 unspecified atom stereocenters. The van der Waals surface area contributed by atoms with E-state index in [2.05, 4.69) is 33.0 Å². The highest BCUT2D eigenvalue weighted by atomic mass is 35.5. The summed E-state index contributed by atoms with van der Waals surface area (Å²) >= 11 is 5.70. The summed E-state index contributed by atoms with van der Waals surface area (Å²) in [5.41, 5.74) is 1.01. The summed E-state index contributed by atoms with van der Waals surface area (Å²) in [7, 11) is 0. The maximum Gasteiger partial charge on any atom is 0.142 e. The first-order valence-corrected chi connectivity index (χ1v) is 7.00. The van der Waals surface area contributed by atoms with Gasteiger partial charge in [-0.2, -0.15) is 0 Å². The summed E-state index contributed by atoms with van der Waals surface area (Å²) in [6, 6.07) is 5.53. The highest BCUT2D eigenvalue weighted by Gasteiger charge is 2.20. The smallest absolute Gasteiger partial charge is 0.142 e. The van der Waals surface area contributed by atoms with Gasteiger partial charge in [-0.25, -0.2) is 4.39 Å². The molecule has 0 radical (unpaired) electrons. The molecule has 0 aromatic heterocycles. The van der Waals surface area contributed by atoms with Crippen molar-refractivity contribution in [2.45, 2.75) is 40.2 Å². The lowest BCUT2D eigenvalue weighted by atomic mass is 9.84. The van der Waals surface area contributed by atoms with Gasteiger partial charge < -0.3 is 5.32 Å². The van der Waals surface area contributed by atoms with E-state index in [1.165, 1.54) is 0 Å². The Kier molecular flexibility index (Phi) is 6.10. The van der Waals surface area contributed by atoms with Gasteiger partial charge in [-0.1, -0.05) is 38.4 Å². The predicted octanol–water partition coefficient (Wildman–Crippen LogP) is 4.29. The first-order chi connectivity index (χ1) is 8.45. The van der Waals surface area contributed by atoms with Crippen LogP contribution in [0.3, 0.4) is 0 Å². The number of rotatable bonds is 6. The minimum atomic E-state index is -0.326. The Morgan fingerprint density at radius 3 is 2.44 bits per heavy atom. The van der Waals surface area contributed by atoms with Crippen LogP contribution in [0.4, 0.5) is 4.39 Å². The fraction of sp³-hybridized carbons (Fsp3) is 0.600. The van der Waals surface area contributed by atoms with Crippen molar-refractivity contribution in [2.24, 2.45) is 11.8 Å². The molecule has 0 spiro atoms. The summed E-state index contributed by atoms with van der Waals surface area (Å²) in [4.78, 5) is 0. The minimum absolute atomic E-state index is 0.194. The van der Waals surface area contributed by atoms with Gasteiger partial charge in [-0.05, 0) is 49.4 Å². The largest absolute Gasteiger partial charge is 0.314 e. The van der Waals surface area contributed by atoms with Crippen molar-refractivity contribution in [2.75, 3.05) is 6.54 Å². The van der Waals surface area contributed by atoms with Gasteiger partial charge in [0.05, 0.1) is 5.02 Å². The Labute approximate surface area is 115 Å². The molecule has 18 heavy (non-hydrogen) atoms. The Morgan fingerprint density at radius 1 is 1.28 bits per heavy atom. The first-order valence-electron chi connectivity index (χ1n) is 6.63. The third-order valence-electron chi connectivity index (χ3n) is 3.48. The average Bonchev–Trinajstić information content (AvgIpc) is 2.30. The molecule has 0 heterocycles. The fourth-order valence-electron chi connectivity index (χ4n) is 2.40. The fourth-order valence-corrected chi connectivity index (χ4v) is 2.52. The minimum Gasteiger partial charge on any atom is -0.314 e. The lowest BCUT2D eigenvalue weighted by Crippen LogP contribution is -2.37. The maximum atomic E-state index is 13.4. The molecule has 1 aromatic rings. The molecule has 0 saturated carbocycles. The van der Waals surface area contributed by atoms with Crippen molar-refractivity contribution in [3.05, 3.63) is 34.6 Å². The van der Waals surface area contributed by atoms with Gasteiger partial charge in [0.2, 0.25) is 0 Å². The molecule has 0 amide bonds. The maximum absolute atomic E-state index is 13.4. The van der Waals surface area contributed by atoms with Crippen molar-refractivity contribution in [1.29, 1.82) is 0 Å². The summed E-state index contributed by atoms with van der Waals surface area (Å²) in [6.07, 6.45) is 0.875. The number of benzene rings is 1. The molecule has 1 N–H and O–H groups in total. The number of halogens is 2. The zero-order chi connectivity index (χ0) is 13.7. The van der Waals surface area contributed by atoms with Gasteiger partial charge in [0.1, 0.15) is 5.82 Å². The van der Waals surface area contributed by atoms with E-state index in [4.69, 9.17) is 11.6 Å². The van der Waals surface area contributed by atoms with Gasteiger partial charge in [-0.15, -0.1) is 0 Å². The first kappa shape index (κ1) is 15.5. The van der Waals surface area contributed by atoms with Crippen molar-refractivity contribution >= 4 is 11.6 Å². The standard InChI is InChI=1S/C15H23ClFN/c1-5-18-11(4)13(10(2)3)8-12-6-7-14(16)15(17)9-12/h6-7,9-11,13,18H,5,8H2,1-4H3. The number of hydrogen-bond donors (Lipinski definition) is 1. The molecule has 102 valence electrons. The van der Waals surface area contributed by atoms with E-state index in [-0.39, 0.29) is 10.8 Å². The van der Waals surface area contributed by atoms with E-state index in [0.29, 0.717) is 17.9 Å². The number of hydrogen-bond acceptors (Lipinski definition) is 1. The lowest BCUT2D eigenvalue weighted by Gasteiger charge is -2.28. The Bertz CT molecular complexity index is 379. The van der Waals surface area contributed by atoms with Crippen LogP contribution in [-0.2, 0) is 6.42 Å². The van der Waals surface area contributed by atoms with E-state index in [1.807, 2.05) is 6.07 Å². The van der Waals surface area contributed by atoms with Crippen LogP contribution in [0.15, 0.2) is 18.2 Å². The van der Waals surface area contributed by atoms with Gasteiger partial charge >= 0.3 is 0 Å². The van der Waals surface area contributed by atoms with Crippen LogP contribution in [-0.4, -0.2) is 12.6 Å². The summed E-state index contributed by atoms with van der Waals surface area (Å²) < 4.78 is 13.4. The second kappa shape index (κ2) is 7.10. The Morgan fingerprint density at radius 2 is 1.94 bits per heavy atom. The van der Waals surface area contributed by atoms with Crippen LogP contribution in [0.5, 0.6) is 0 Å². The van der Waals surface area contributed by atoms with E-state index < -0.39 is 0 Å².